The first-order chi connectivity index (χ1) is 8.70. The van der Waals surface area contributed by atoms with Crippen LogP contribution in [0.25, 0.3) is 0 Å². The fourth-order valence-electron chi connectivity index (χ4n) is 2.55. The summed E-state index contributed by atoms with van der Waals surface area (Å²) in [5, 5.41) is 9.08. The number of hydrogen-bond acceptors (Lipinski definition) is 4. The van der Waals surface area contributed by atoms with E-state index < -0.39 is 0 Å². The van der Waals surface area contributed by atoms with Crippen LogP contribution in [0.4, 0.5) is 6.01 Å². The molecule has 102 valence electrons. The Morgan fingerprint density at radius 1 is 1.44 bits per heavy atom. The minimum atomic E-state index is -0.0494. The van der Waals surface area contributed by atoms with Gasteiger partial charge in [-0.15, -0.1) is 0 Å². The van der Waals surface area contributed by atoms with Crippen LogP contribution < -0.4 is 4.90 Å². The van der Waals surface area contributed by atoms with Crippen LogP contribution in [-0.4, -0.2) is 22.7 Å². The summed E-state index contributed by atoms with van der Waals surface area (Å²) < 4.78 is 5.52. The molecule has 1 fully saturated rings. The third kappa shape index (κ3) is 3.25. The first kappa shape index (κ1) is 13.4. The second-order valence-corrected chi connectivity index (χ2v) is 5.59. The highest BCUT2D eigenvalue weighted by molar-refractivity contribution is 5.29. The molecule has 1 aromatic rings. The van der Waals surface area contributed by atoms with Crippen molar-refractivity contribution in [1.29, 1.82) is 0 Å². The molecule has 1 N–H and O–H groups in total. The fraction of sp³-hybridized carbons (Fsp3) is 0.786. The molecule has 0 radical (unpaired) electrons. The minimum absolute atomic E-state index is 0.0494. The summed E-state index contributed by atoms with van der Waals surface area (Å²) in [4.78, 5) is 6.66. The number of aliphatic hydroxyl groups is 1. The molecule has 18 heavy (non-hydrogen) atoms. The van der Waals surface area contributed by atoms with Gasteiger partial charge in [0.15, 0.2) is 0 Å². The first-order valence-electron chi connectivity index (χ1n) is 7.02. The lowest BCUT2D eigenvalue weighted by molar-refractivity contribution is 0.276. The van der Waals surface area contributed by atoms with E-state index in [4.69, 9.17) is 9.52 Å². The predicted molar refractivity (Wildman–Crippen MR) is 71.5 cm³/mol. The summed E-state index contributed by atoms with van der Waals surface area (Å²) in [6.07, 6.45) is 7.77. The van der Waals surface area contributed by atoms with Crippen molar-refractivity contribution in [2.24, 2.45) is 5.92 Å². The van der Waals surface area contributed by atoms with Crippen molar-refractivity contribution < 1.29 is 9.52 Å². The molecule has 0 amide bonds. The van der Waals surface area contributed by atoms with Crippen molar-refractivity contribution in [1.82, 2.24) is 4.98 Å². The molecule has 0 saturated heterocycles. The van der Waals surface area contributed by atoms with Crippen LogP contribution in [0.15, 0.2) is 10.7 Å². The number of hydrogen-bond donors (Lipinski definition) is 1. The maximum atomic E-state index is 9.08. The van der Waals surface area contributed by atoms with E-state index in [1.165, 1.54) is 25.7 Å². The maximum Gasteiger partial charge on any atom is 0.297 e. The zero-order chi connectivity index (χ0) is 13.0. The topological polar surface area (TPSA) is 49.5 Å². The van der Waals surface area contributed by atoms with Crippen molar-refractivity contribution in [3.8, 4) is 0 Å². The van der Waals surface area contributed by atoms with Gasteiger partial charge in [-0.05, 0) is 25.2 Å². The summed E-state index contributed by atoms with van der Waals surface area (Å²) >= 11 is 0. The molecule has 4 nitrogen and oxygen atoms in total. The van der Waals surface area contributed by atoms with Crippen LogP contribution in [0.5, 0.6) is 0 Å². The number of aromatic nitrogens is 1. The van der Waals surface area contributed by atoms with Crippen molar-refractivity contribution in [2.75, 3.05) is 11.4 Å². The number of oxazole rings is 1. The molecule has 0 aromatic carbocycles. The third-order valence-electron chi connectivity index (χ3n) is 3.66. The standard InChI is InChI=1S/C14H24N2O2/c1-11(2)7-8-16(13-5-3-4-6-13)14-15-12(9-17)10-18-14/h10-11,13,17H,3-9H2,1-2H3. The monoisotopic (exact) mass is 252 g/mol. The molecule has 4 heteroatoms. The Balaban J connectivity index is 2.07. The van der Waals surface area contributed by atoms with Gasteiger partial charge in [0.05, 0.1) is 6.61 Å². The molecule has 1 aromatic heterocycles. The molecular formula is C14H24N2O2. The smallest absolute Gasteiger partial charge is 0.297 e. The Morgan fingerprint density at radius 3 is 2.72 bits per heavy atom. The second-order valence-electron chi connectivity index (χ2n) is 5.59. The molecule has 1 saturated carbocycles. The van der Waals surface area contributed by atoms with Crippen LogP contribution in [0.3, 0.4) is 0 Å². The van der Waals surface area contributed by atoms with Crippen molar-refractivity contribution in [2.45, 2.75) is 58.6 Å². The van der Waals surface area contributed by atoms with Gasteiger partial charge >= 0.3 is 0 Å². The molecule has 2 rings (SSSR count). The van der Waals surface area contributed by atoms with Crippen molar-refractivity contribution >= 4 is 6.01 Å². The van der Waals surface area contributed by atoms with Crippen LogP contribution in [0.1, 0.15) is 51.6 Å². The van der Waals surface area contributed by atoms with Gasteiger partial charge in [-0.2, -0.15) is 4.98 Å². The van der Waals surface area contributed by atoms with Gasteiger partial charge in [0.25, 0.3) is 6.01 Å². The fourth-order valence-corrected chi connectivity index (χ4v) is 2.55. The SMILES string of the molecule is CC(C)CCN(c1nc(CO)co1)C1CCCC1. The van der Waals surface area contributed by atoms with Gasteiger partial charge in [0.2, 0.25) is 0 Å². The van der Waals surface area contributed by atoms with Gasteiger partial charge in [-0.1, -0.05) is 26.7 Å². The third-order valence-corrected chi connectivity index (χ3v) is 3.66. The second kappa shape index (κ2) is 6.23. The summed E-state index contributed by atoms with van der Waals surface area (Å²) in [6.45, 7) is 5.42. The van der Waals surface area contributed by atoms with Crippen molar-refractivity contribution in [3.05, 3.63) is 12.0 Å². The number of rotatable bonds is 6. The van der Waals surface area contributed by atoms with Crippen LogP contribution >= 0.6 is 0 Å². The molecule has 0 atom stereocenters. The number of nitrogens with zero attached hydrogens (tertiary/aromatic N) is 2. The quantitative estimate of drug-likeness (QED) is 0.845. The highest BCUT2D eigenvalue weighted by Crippen LogP contribution is 2.28. The molecule has 1 aliphatic rings. The molecule has 1 heterocycles. The lowest BCUT2D eigenvalue weighted by atomic mass is 10.1. The average Bonchev–Trinajstić information content (AvgIpc) is 2.99. The number of aliphatic hydroxyl groups excluding tert-OH is 1. The predicted octanol–water partition coefficient (Wildman–Crippen LogP) is 2.96. The summed E-state index contributed by atoms with van der Waals surface area (Å²) in [5.41, 5.74) is 0.623. The molecule has 1 aliphatic carbocycles. The lowest BCUT2D eigenvalue weighted by Gasteiger charge is -2.28. The summed E-state index contributed by atoms with van der Waals surface area (Å²) in [6, 6.07) is 1.25. The molecule has 0 bridgehead atoms. The molecule has 0 unspecified atom stereocenters. The maximum absolute atomic E-state index is 9.08. The van der Waals surface area contributed by atoms with Gasteiger partial charge in [0.1, 0.15) is 12.0 Å². The van der Waals surface area contributed by atoms with Crippen LogP contribution in [0, 0.1) is 5.92 Å². The summed E-state index contributed by atoms with van der Waals surface area (Å²) in [7, 11) is 0. The highest BCUT2D eigenvalue weighted by Gasteiger charge is 2.25. The van der Waals surface area contributed by atoms with E-state index in [0.717, 1.165) is 13.0 Å². The Labute approximate surface area is 109 Å². The van der Waals surface area contributed by atoms with E-state index in [1.54, 1.807) is 6.26 Å². The Hall–Kier alpha value is -1.03. The largest absolute Gasteiger partial charge is 0.432 e. The Kier molecular flexibility index (Phi) is 4.64. The van der Waals surface area contributed by atoms with E-state index in [2.05, 4.69) is 23.7 Å². The normalized spacial score (nSPS) is 16.7. The Morgan fingerprint density at radius 2 is 2.17 bits per heavy atom. The molecule has 0 aliphatic heterocycles. The van der Waals surface area contributed by atoms with Crippen molar-refractivity contribution in [3.63, 3.8) is 0 Å². The average molecular weight is 252 g/mol. The van der Waals surface area contributed by atoms with E-state index in [0.29, 0.717) is 23.7 Å². The number of anilines is 1. The lowest BCUT2D eigenvalue weighted by Crippen LogP contribution is -2.35. The summed E-state index contributed by atoms with van der Waals surface area (Å²) in [5.74, 6) is 0.682. The molecule has 0 spiro atoms. The highest BCUT2D eigenvalue weighted by atomic mass is 16.4. The van der Waals surface area contributed by atoms with Crippen LogP contribution in [-0.2, 0) is 6.61 Å². The van der Waals surface area contributed by atoms with E-state index in [-0.39, 0.29) is 6.61 Å². The van der Waals surface area contributed by atoms with Gasteiger partial charge in [0, 0.05) is 12.6 Å². The minimum Gasteiger partial charge on any atom is -0.432 e. The molecular weight excluding hydrogens is 228 g/mol. The van der Waals surface area contributed by atoms with E-state index in [9.17, 15) is 0 Å². The van der Waals surface area contributed by atoms with E-state index >= 15 is 0 Å². The van der Waals surface area contributed by atoms with Gasteiger partial charge in [-0.3, -0.25) is 0 Å². The zero-order valence-electron chi connectivity index (χ0n) is 11.4. The first-order valence-corrected chi connectivity index (χ1v) is 7.02. The van der Waals surface area contributed by atoms with Crippen LogP contribution in [0.2, 0.25) is 0 Å². The van der Waals surface area contributed by atoms with E-state index in [1.807, 2.05) is 0 Å². The Bertz CT molecular complexity index is 356. The van der Waals surface area contributed by atoms with Gasteiger partial charge in [-0.25, -0.2) is 0 Å². The zero-order valence-corrected chi connectivity index (χ0v) is 11.4. The van der Waals surface area contributed by atoms with Gasteiger partial charge < -0.3 is 14.4 Å².